The number of aliphatic carboxylic acids is 1. The van der Waals surface area contributed by atoms with Crippen LogP contribution in [-0.4, -0.2) is 33.3 Å². The summed E-state index contributed by atoms with van der Waals surface area (Å²) in [5.41, 5.74) is 0.537. The van der Waals surface area contributed by atoms with Crippen molar-refractivity contribution in [1.29, 1.82) is 0 Å². The van der Waals surface area contributed by atoms with Gasteiger partial charge in [0.05, 0.1) is 17.1 Å². The lowest BCUT2D eigenvalue weighted by Gasteiger charge is -2.15. The smallest absolute Gasteiger partial charge is 0.323 e. The fraction of sp³-hybridized carbons (Fsp3) is 0.429. The molecule has 0 bridgehead atoms. The second-order valence-corrected chi connectivity index (χ2v) is 5.18. The van der Waals surface area contributed by atoms with Gasteiger partial charge in [-0.15, -0.1) is 0 Å². The summed E-state index contributed by atoms with van der Waals surface area (Å²) in [7, 11) is 0. The van der Waals surface area contributed by atoms with E-state index in [9.17, 15) is 13.6 Å². The van der Waals surface area contributed by atoms with E-state index < -0.39 is 17.6 Å². The van der Waals surface area contributed by atoms with E-state index in [0.29, 0.717) is 18.9 Å². The molecule has 1 saturated heterocycles. The predicted molar refractivity (Wildman–Crippen MR) is 70.1 cm³/mol. The molecular weight excluding hydrogens is 282 g/mol. The number of fused-ring (bicyclic) bond motifs is 1. The molecule has 1 aromatic carbocycles. The van der Waals surface area contributed by atoms with Gasteiger partial charge in [0, 0.05) is 24.7 Å². The first-order valence-electron chi connectivity index (χ1n) is 6.66. The first-order chi connectivity index (χ1) is 9.97. The summed E-state index contributed by atoms with van der Waals surface area (Å²) in [5, 5.41) is 9.05. The Morgan fingerprint density at radius 2 is 2.19 bits per heavy atom. The molecule has 1 N–H and O–H groups in total. The maximum atomic E-state index is 13.4. The lowest BCUT2D eigenvalue weighted by molar-refractivity contribution is -0.137. The molecule has 2 heterocycles. The van der Waals surface area contributed by atoms with Crippen LogP contribution >= 0.6 is 0 Å². The van der Waals surface area contributed by atoms with Crippen molar-refractivity contribution in [1.82, 2.24) is 9.55 Å². The summed E-state index contributed by atoms with van der Waals surface area (Å²) >= 11 is 0. The number of aromatic nitrogens is 2. The van der Waals surface area contributed by atoms with Crippen LogP contribution in [0.3, 0.4) is 0 Å². The van der Waals surface area contributed by atoms with Crippen molar-refractivity contribution in [2.75, 3.05) is 6.61 Å². The zero-order chi connectivity index (χ0) is 15.1. The van der Waals surface area contributed by atoms with Gasteiger partial charge in [-0.1, -0.05) is 0 Å². The highest BCUT2D eigenvalue weighted by atomic mass is 19.2. The van der Waals surface area contributed by atoms with E-state index in [2.05, 4.69) is 4.98 Å². The molecule has 112 valence electrons. The van der Waals surface area contributed by atoms with Crippen LogP contribution in [0.2, 0.25) is 0 Å². The maximum absolute atomic E-state index is 13.4. The van der Waals surface area contributed by atoms with Gasteiger partial charge < -0.3 is 14.4 Å². The molecule has 2 atom stereocenters. The fourth-order valence-corrected chi connectivity index (χ4v) is 2.79. The first kappa shape index (κ1) is 13.9. The van der Waals surface area contributed by atoms with Gasteiger partial charge in [0.15, 0.2) is 11.6 Å². The van der Waals surface area contributed by atoms with Crippen molar-refractivity contribution in [3.8, 4) is 0 Å². The number of imidazole rings is 1. The Bertz CT molecular complexity index is 714. The zero-order valence-corrected chi connectivity index (χ0v) is 11.3. The van der Waals surface area contributed by atoms with Gasteiger partial charge in [-0.25, -0.2) is 13.8 Å². The quantitative estimate of drug-likeness (QED) is 0.944. The third kappa shape index (κ3) is 2.37. The summed E-state index contributed by atoms with van der Waals surface area (Å²) in [6.07, 6.45) is 0.596. The van der Waals surface area contributed by atoms with Gasteiger partial charge in [-0.3, -0.25) is 4.79 Å². The van der Waals surface area contributed by atoms with Crippen LogP contribution in [0.5, 0.6) is 0 Å². The molecule has 2 aromatic rings. The van der Waals surface area contributed by atoms with Crippen molar-refractivity contribution >= 4 is 17.0 Å². The number of ether oxygens (including phenoxy) is 1. The highest BCUT2D eigenvalue weighted by molar-refractivity contribution is 5.79. The average molecular weight is 296 g/mol. The molecule has 0 aliphatic carbocycles. The number of carbonyl (C=O) groups is 1. The molecule has 1 aliphatic rings. The Morgan fingerprint density at radius 1 is 1.48 bits per heavy atom. The van der Waals surface area contributed by atoms with E-state index in [-0.39, 0.29) is 29.6 Å². The summed E-state index contributed by atoms with van der Waals surface area (Å²) < 4.78 is 33.7. The molecule has 21 heavy (non-hydrogen) atoms. The fourth-order valence-electron chi connectivity index (χ4n) is 2.79. The van der Waals surface area contributed by atoms with Crippen LogP contribution in [-0.2, 0) is 16.1 Å². The van der Waals surface area contributed by atoms with Crippen molar-refractivity contribution in [3.05, 3.63) is 29.6 Å². The van der Waals surface area contributed by atoms with Crippen molar-refractivity contribution in [2.45, 2.75) is 31.9 Å². The van der Waals surface area contributed by atoms with E-state index in [1.165, 1.54) is 4.57 Å². The lowest BCUT2D eigenvalue weighted by atomic mass is 10.0. The minimum atomic E-state index is -1.06. The Balaban J connectivity index is 2.19. The van der Waals surface area contributed by atoms with Crippen molar-refractivity contribution in [2.24, 2.45) is 0 Å². The van der Waals surface area contributed by atoms with E-state index in [0.717, 1.165) is 12.1 Å². The monoisotopic (exact) mass is 296 g/mol. The Labute approximate surface area is 119 Å². The average Bonchev–Trinajstić information content (AvgIpc) is 2.95. The summed E-state index contributed by atoms with van der Waals surface area (Å²) in [5.74, 6) is -2.65. The normalized spacial score (nSPS) is 22.0. The number of carboxylic acids is 1. The van der Waals surface area contributed by atoms with Crippen LogP contribution in [0.15, 0.2) is 12.1 Å². The molecule has 3 rings (SSSR count). The number of hydrogen-bond acceptors (Lipinski definition) is 3. The number of carboxylic acid groups (broad SMARTS) is 1. The lowest BCUT2D eigenvalue weighted by Crippen LogP contribution is -2.18. The molecule has 1 aromatic heterocycles. The number of nitrogens with zero attached hydrogens (tertiary/aromatic N) is 2. The van der Waals surface area contributed by atoms with Gasteiger partial charge in [0.1, 0.15) is 12.4 Å². The minimum absolute atomic E-state index is 0.0807. The topological polar surface area (TPSA) is 64.4 Å². The molecule has 0 amide bonds. The van der Waals surface area contributed by atoms with Crippen LogP contribution in [0.1, 0.15) is 25.1 Å². The Morgan fingerprint density at radius 3 is 2.81 bits per heavy atom. The molecule has 0 saturated carbocycles. The summed E-state index contributed by atoms with van der Waals surface area (Å²) in [4.78, 5) is 15.4. The molecule has 5 nitrogen and oxygen atoms in total. The number of benzene rings is 1. The van der Waals surface area contributed by atoms with Gasteiger partial charge in [0.2, 0.25) is 0 Å². The predicted octanol–water partition coefficient (Wildman–Crippen LogP) is 2.29. The second-order valence-electron chi connectivity index (χ2n) is 5.18. The van der Waals surface area contributed by atoms with E-state index >= 15 is 0 Å². The maximum Gasteiger partial charge on any atom is 0.323 e. The largest absolute Gasteiger partial charge is 0.480 e. The van der Waals surface area contributed by atoms with Crippen LogP contribution in [0.4, 0.5) is 8.78 Å². The highest BCUT2D eigenvalue weighted by Crippen LogP contribution is 2.33. The van der Waals surface area contributed by atoms with E-state index in [4.69, 9.17) is 9.84 Å². The second kappa shape index (κ2) is 5.07. The zero-order valence-electron chi connectivity index (χ0n) is 11.3. The van der Waals surface area contributed by atoms with Crippen molar-refractivity contribution in [3.63, 3.8) is 0 Å². The highest BCUT2D eigenvalue weighted by Gasteiger charge is 2.31. The Kier molecular flexibility index (Phi) is 3.36. The Hall–Kier alpha value is -2.02. The minimum Gasteiger partial charge on any atom is -0.480 e. The first-order valence-corrected chi connectivity index (χ1v) is 6.66. The van der Waals surface area contributed by atoms with Crippen LogP contribution in [0.25, 0.3) is 11.0 Å². The molecule has 0 radical (unpaired) electrons. The third-order valence-electron chi connectivity index (χ3n) is 3.82. The standard InChI is InChI=1S/C14H14F2N2O3/c1-7-8(2-3-21-7)14-17-11-4-9(15)10(16)5-12(11)18(14)6-13(19)20/h4-5,7-8H,2-3,6H2,1H3,(H,19,20). The SMILES string of the molecule is CC1OCCC1c1nc2cc(F)c(F)cc2n1CC(=O)O. The molecule has 7 heteroatoms. The third-order valence-corrected chi connectivity index (χ3v) is 3.82. The summed E-state index contributed by atoms with van der Waals surface area (Å²) in [6.45, 7) is 2.09. The van der Waals surface area contributed by atoms with Gasteiger partial charge >= 0.3 is 5.97 Å². The van der Waals surface area contributed by atoms with Gasteiger partial charge in [0.25, 0.3) is 0 Å². The number of halogens is 2. The van der Waals surface area contributed by atoms with Crippen LogP contribution in [0, 0.1) is 11.6 Å². The number of hydrogen-bond donors (Lipinski definition) is 1. The molecule has 1 fully saturated rings. The molecule has 2 unspecified atom stereocenters. The number of rotatable bonds is 3. The van der Waals surface area contributed by atoms with Crippen LogP contribution < -0.4 is 0 Å². The molecule has 1 aliphatic heterocycles. The summed E-state index contributed by atoms with van der Waals surface area (Å²) in [6, 6.07) is 1.98. The van der Waals surface area contributed by atoms with Gasteiger partial charge in [-0.05, 0) is 13.3 Å². The van der Waals surface area contributed by atoms with Crippen molar-refractivity contribution < 1.29 is 23.4 Å². The van der Waals surface area contributed by atoms with E-state index in [1.54, 1.807) is 0 Å². The molecular formula is C14H14F2N2O3. The van der Waals surface area contributed by atoms with Gasteiger partial charge in [-0.2, -0.15) is 0 Å². The molecule has 0 spiro atoms. The van der Waals surface area contributed by atoms with E-state index in [1.807, 2.05) is 6.92 Å².